The lowest BCUT2D eigenvalue weighted by atomic mass is 10.0. The number of carboxylic acids is 1. The molecule has 0 aromatic heterocycles. The average molecular weight is 433 g/mol. The van der Waals surface area contributed by atoms with Crippen molar-refractivity contribution in [3.8, 4) is 0 Å². The number of carbonyl (C=O) groups is 4. The Labute approximate surface area is 180 Å². The Morgan fingerprint density at radius 2 is 1.94 bits per heavy atom. The third-order valence-electron chi connectivity index (χ3n) is 5.37. The van der Waals surface area contributed by atoms with Crippen LogP contribution in [-0.2, 0) is 25.7 Å². The molecule has 2 fully saturated rings. The standard InChI is InChI=1S/C20H27N5O6/c1-22-13-17(26)24-15(10-18(27)28)19(29)23(8-9-31-2)12-16(24)25(22)20(30)21-11-14-6-4-3-5-7-14/h3-7,15-16H,8-13H2,1-2H3,(H,21,30)(H,27,28)/t15-,16-/m0/s1. The van der Waals surface area contributed by atoms with Crippen LogP contribution in [0.25, 0.3) is 0 Å². The van der Waals surface area contributed by atoms with E-state index < -0.39 is 42.4 Å². The molecule has 11 nitrogen and oxygen atoms in total. The van der Waals surface area contributed by atoms with E-state index in [0.717, 1.165) is 5.56 Å². The van der Waals surface area contributed by atoms with Crippen LogP contribution in [0.4, 0.5) is 4.79 Å². The van der Waals surface area contributed by atoms with Crippen molar-refractivity contribution in [2.75, 3.05) is 40.4 Å². The van der Waals surface area contributed by atoms with Gasteiger partial charge in [0, 0.05) is 27.2 Å². The first-order valence-corrected chi connectivity index (χ1v) is 9.96. The van der Waals surface area contributed by atoms with E-state index in [-0.39, 0.29) is 32.8 Å². The third-order valence-corrected chi connectivity index (χ3v) is 5.37. The van der Waals surface area contributed by atoms with E-state index >= 15 is 0 Å². The molecule has 0 unspecified atom stereocenters. The number of carboxylic acid groups (broad SMARTS) is 1. The Morgan fingerprint density at radius 1 is 1.23 bits per heavy atom. The quantitative estimate of drug-likeness (QED) is 0.597. The smallest absolute Gasteiger partial charge is 0.334 e. The van der Waals surface area contributed by atoms with Crippen molar-refractivity contribution in [1.82, 2.24) is 25.1 Å². The highest BCUT2D eigenvalue weighted by molar-refractivity contribution is 5.93. The van der Waals surface area contributed by atoms with Gasteiger partial charge in [0.25, 0.3) is 0 Å². The van der Waals surface area contributed by atoms with Crippen LogP contribution in [0.5, 0.6) is 0 Å². The fourth-order valence-electron chi connectivity index (χ4n) is 3.93. The molecule has 2 aliphatic rings. The van der Waals surface area contributed by atoms with Crippen molar-refractivity contribution < 1.29 is 29.0 Å². The number of amides is 4. The van der Waals surface area contributed by atoms with Gasteiger partial charge in [0.05, 0.1) is 26.1 Å². The summed E-state index contributed by atoms with van der Waals surface area (Å²) < 4.78 is 5.06. The molecule has 11 heteroatoms. The van der Waals surface area contributed by atoms with Gasteiger partial charge in [-0.25, -0.2) is 14.8 Å². The Morgan fingerprint density at radius 3 is 2.58 bits per heavy atom. The number of urea groups is 1. The summed E-state index contributed by atoms with van der Waals surface area (Å²) in [6.07, 6.45) is -1.35. The maximum Gasteiger partial charge on any atom is 0.334 e. The van der Waals surface area contributed by atoms with Gasteiger partial charge in [-0.2, -0.15) is 0 Å². The number of piperazine rings is 1. The highest BCUT2D eigenvalue weighted by Crippen LogP contribution is 2.27. The Balaban J connectivity index is 1.85. The van der Waals surface area contributed by atoms with Crippen LogP contribution in [0.15, 0.2) is 30.3 Å². The molecule has 0 saturated carbocycles. The molecule has 1 aromatic rings. The van der Waals surface area contributed by atoms with Gasteiger partial charge in [-0.1, -0.05) is 30.3 Å². The van der Waals surface area contributed by atoms with Crippen molar-refractivity contribution in [2.24, 2.45) is 0 Å². The number of nitrogens with one attached hydrogen (secondary N) is 1. The molecule has 0 bridgehead atoms. The molecule has 2 atom stereocenters. The molecule has 2 aliphatic heterocycles. The molecule has 2 N–H and O–H groups in total. The number of hydrazine groups is 1. The number of nitrogens with zero attached hydrogens (tertiary/aromatic N) is 4. The Kier molecular flexibility index (Phi) is 7.08. The van der Waals surface area contributed by atoms with E-state index in [1.54, 1.807) is 7.05 Å². The van der Waals surface area contributed by atoms with Crippen LogP contribution < -0.4 is 5.32 Å². The number of carbonyl (C=O) groups excluding carboxylic acids is 3. The fraction of sp³-hybridized carbons (Fsp3) is 0.500. The number of aliphatic carboxylic acids is 1. The zero-order chi connectivity index (χ0) is 22.5. The highest BCUT2D eigenvalue weighted by atomic mass is 16.5. The summed E-state index contributed by atoms with van der Waals surface area (Å²) in [5, 5.41) is 15.0. The molecule has 168 valence electrons. The SMILES string of the molecule is COCCN1C[C@H]2N(C(=O)CN(C)N2C(=O)NCc2ccccc2)[C@@H](CC(=O)O)C1=O. The normalized spacial score (nSPS) is 21.8. The molecular weight excluding hydrogens is 406 g/mol. The summed E-state index contributed by atoms with van der Waals surface area (Å²) in [5.74, 6) is -2.05. The fourth-order valence-corrected chi connectivity index (χ4v) is 3.93. The minimum absolute atomic E-state index is 0.0626. The van der Waals surface area contributed by atoms with Crippen LogP contribution in [0.3, 0.4) is 0 Å². The third kappa shape index (κ3) is 4.94. The van der Waals surface area contributed by atoms with E-state index in [1.165, 1.54) is 26.9 Å². The summed E-state index contributed by atoms with van der Waals surface area (Å²) in [5.41, 5.74) is 0.910. The number of hydrogen-bond acceptors (Lipinski definition) is 6. The van der Waals surface area contributed by atoms with Crippen LogP contribution in [0.1, 0.15) is 12.0 Å². The van der Waals surface area contributed by atoms with Gasteiger partial charge in [0.2, 0.25) is 11.8 Å². The topological polar surface area (TPSA) is 123 Å². The van der Waals surface area contributed by atoms with Crippen molar-refractivity contribution in [3.63, 3.8) is 0 Å². The van der Waals surface area contributed by atoms with Crippen LogP contribution in [0.2, 0.25) is 0 Å². The Hall–Kier alpha value is -3.18. The summed E-state index contributed by atoms with van der Waals surface area (Å²) >= 11 is 0. The maximum atomic E-state index is 13.1. The van der Waals surface area contributed by atoms with Gasteiger partial charge >= 0.3 is 12.0 Å². The van der Waals surface area contributed by atoms with Gasteiger partial charge < -0.3 is 25.0 Å². The second kappa shape index (κ2) is 9.75. The molecule has 0 radical (unpaired) electrons. The van der Waals surface area contributed by atoms with E-state index in [4.69, 9.17) is 4.74 Å². The second-order valence-corrected chi connectivity index (χ2v) is 7.48. The second-order valence-electron chi connectivity index (χ2n) is 7.48. The summed E-state index contributed by atoms with van der Waals surface area (Å²) in [4.78, 5) is 52.9. The van der Waals surface area contributed by atoms with Crippen LogP contribution in [0, 0.1) is 0 Å². The minimum Gasteiger partial charge on any atom is -0.481 e. The number of likely N-dealkylation sites (N-methyl/N-ethyl adjacent to an activating group) is 1. The van der Waals surface area contributed by atoms with Gasteiger partial charge in [-0.15, -0.1) is 0 Å². The van der Waals surface area contributed by atoms with Crippen LogP contribution in [-0.4, -0.2) is 101 Å². The van der Waals surface area contributed by atoms with Gasteiger partial charge in [-0.05, 0) is 5.56 Å². The predicted molar refractivity (Wildman–Crippen MR) is 108 cm³/mol. The number of benzene rings is 1. The Bertz CT molecular complexity index is 835. The van der Waals surface area contributed by atoms with Gasteiger partial charge in [0.15, 0.2) is 0 Å². The number of methoxy groups -OCH3 is 1. The zero-order valence-corrected chi connectivity index (χ0v) is 17.6. The van der Waals surface area contributed by atoms with Gasteiger partial charge in [0.1, 0.15) is 12.2 Å². The predicted octanol–water partition coefficient (Wildman–Crippen LogP) is -0.455. The molecular formula is C20H27N5O6. The molecule has 2 saturated heterocycles. The van der Waals surface area contributed by atoms with Crippen LogP contribution >= 0.6 is 0 Å². The lowest BCUT2D eigenvalue weighted by molar-refractivity contribution is -0.188. The molecule has 1 aromatic carbocycles. The number of hydrogen-bond donors (Lipinski definition) is 2. The lowest BCUT2D eigenvalue weighted by Gasteiger charge is -2.54. The maximum absolute atomic E-state index is 13.1. The molecule has 0 aliphatic carbocycles. The molecule has 3 rings (SSSR count). The molecule has 2 heterocycles. The largest absolute Gasteiger partial charge is 0.481 e. The molecule has 31 heavy (non-hydrogen) atoms. The van der Waals surface area contributed by atoms with E-state index in [0.29, 0.717) is 0 Å². The zero-order valence-electron chi connectivity index (χ0n) is 17.6. The number of ether oxygens (including phenoxy) is 1. The summed E-state index contributed by atoms with van der Waals surface area (Å²) in [6, 6.07) is 7.75. The molecule has 0 spiro atoms. The van der Waals surface area contributed by atoms with E-state index in [1.807, 2.05) is 30.3 Å². The average Bonchev–Trinajstić information content (AvgIpc) is 2.73. The first-order chi connectivity index (χ1) is 14.8. The van der Waals surface area contributed by atoms with Crippen molar-refractivity contribution in [3.05, 3.63) is 35.9 Å². The number of rotatable bonds is 7. The first-order valence-electron chi connectivity index (χ1n) is 9.96. The van der Waals surface area contributed by atoms with E-state index in [9.17, 15) is 24.3 Å². The first kappa shape index (κ1) is 22.5. The van der Waals surface area contributed by atoms with Crippen molar-refractivity contribution in [2.45, 2.75) is 25.2 Å². The molecule has 4 amide bonds. The summed E-state index contributed by atoms with van der Waals surface area (Å²) in [7, 11) is 3.11. The monoisotopic (exact) mass is 433 g/mol. The lowest BCUT2D eigenvalue weighted by Crippen LogP contribution is -2.76. The van der Waals surface area contributed by atoms with Crippen molar-refractivity contribution in [1.29, 1.82) is 0 Å². The minimum atomic E-state index is -1.20. The van der Waals surface area contributed by atoms with Gasteiger partial charge in [-0.3, -0.25) is 14.4 Å². The summed E-state index contributed by atoms with van der Waals surface area (Å²) in [6.45, 7) is 0.689. The van der Waals surface area contributed by atoms with Crippen molar-refractivity contribution >= 4 is 23.8 Å². The van der Waals surface area contributed by atoms with E-state index in [2.05, 4.69) is 5.32 Å². The highest BCUT2D eigenvalue weighted by Gasteiger charge is 2.51. The number of fused-ring (bicyclic) bond motifs is 1.